The molecular formula is C10H12NOS+. The molecule has 0 aromatic heterocycles. The molecule has 1 aromatic rings. The number of para-hydroxylation sites is 1. The second-order valence-corrected chi connectivity index (χ2v) is 4.41. The Kier molecular flexibility index (Phi) is 2.14. The molecular weight excluding hydrogens is 182 g/mol. The average Bonchev–Trinajstić information content (AvgIpc) is 2.50. The van der Waals surface area contributed by atoms with E-state index in [2.05, 4.69) is 0 Å². The summed E-state index contributed by atoms with van der Waals surface area (Å²) in [7, 11) is 1.98. The van der Waals surface area contributed by atoms with Crippen molar-refractivity contribution in [1.82, 2.24) is 4.48 Å². The Morgan fingerprint density at radius 1 is 1.31 bits per heavy atom. The number of benzene rings is 1. The van der Waals surface area contributed by atoms with Crippen LogP contribution in [0, 0.1) is 0 Å². The minimum atomic E-state index is 0.256. The van der Waals surface area contributed by atoms with Gasteiger partial charge in [-0.25, -0.2) is 9.28 Å². The summed E-state index contributed by atoms with van der Waals surface area (Å²) < 4.78 is 0.450. The van der Waals surface area contributed by atoms with E-state index >= 15 is 0 Å². The number of carbonyl (C=O) groups excluding carboxylic acids is 1. The predicted molar refractivity (Wildman–Crippen MR) is 56.9 cm³/mol. The summed E-state index contributed by atoms with van der Waals surface area (Å²) >= 11 is 1.43. The second kappa shape index (κ2) is 3.16. The van der Waals surface area contributed by atoms with E-state index in [1.54, 1.807) is 0 Å². The summed E-state index contributed by atoms with van der Waals surface area (Å²) in [5.41, 5.74) is 1.09. The summed E-state index contributed by atoms with van der Waals surface area (Å²) in [6.45, 7) is 0.910. The van der Waals surface area contributed by atoms with E-state index < -0.39 is 0 Å². The number of carbonyl (C=O) groups is 1. The Bertz CT molecular complexity index is 325. The zero-order chi connectivity index (χ0) is 9.31. The van der Waals surface area contributed by atoms with Crippen LogP contribution in [0.25, 0.3) is 0 Å². The van der Waals surface area contributed by atoms with Crippen LogP contribution in [-0.2, 0) is 0 Å². The number of nitrogens with zero attached hydrogens (tertiary/aromatic N) is 1. The van der Waals surface area contributed by atoms with Gasteiger partial charge in [0.15, 0.2) is 0 Å². The van der Waals surface area contributed by atoms with Gasteiger partial charge in [0.25, 0.3) is 0 Å². The Morgan fingerprint density at radius 3 is 2.54 bits per heavy atom. The van der Waals surface area contributed by atoms with Gasteiger partial charge in [-0.1, -0.05) is 18.2 Å². The molecule has 0 aliphatic carbocycles. The van der Waals surface area contributed by atoms with Crippen molar-refractivity contribution >= 4 is 22.7 Å². The molecule has 13 heavy (non-hydrogen) atoms. The molecule has 1 unspecified atom stereocenters. The number of amides is 1. The average molecular weight is 194 g/mol. The third kappa shape index (κ3) is 1.38. The van der Waals surface area contributed by atoms with E-state index in [0.717, 1.165) is 18.0 Å². The van der Waals surface area contributed by atoms with E-state index in [9.17, 15) is 4.79 Å². The SMILES string of the molecule is C[N+]1(c2ccccc2)CCSC1=O. The molecule has 0 saturated carbocycles. The molecule has 1 heterocycles. The van der Waals surface area contributed by atoms with Crippen LogP contribution in [0.2, 0.25) is 0 Å². The van der Waals surface area contributed by atoms with Gasteiger partial charge < -0.3 is 0 Å². The van der Waals surface area contributed by atoms with Gasteiger partial charge in [-0.2, -0.15) is 0 Å². The lowest BCUT2D eigenvalue weighted by Crippen LogP contribution is -2.44. The summed E-state index contributed by atoms with van der Waals surface area (Å²) in [6, 6.07) is 9.97. The molecule has 2 rings (SSSR count). The van der Waals surface area contributed by atoms with Gasteiger partial charge in [-0.15, -0.1) is 0 Å². The molecule has 1 aromatic carbocycles. The van der Waals surface area contributed by atoms with Crippen molar-refractivity contribution in [3.63, 3.8) is 0 Å². The minimum Gasteiger partial charge on any atom is -0.220 e. The molecule has 0 bridgehead atoms. The first-order valence-electron chi connectivity index (χ1n) is 4.32. The van der Waals surface area contributed by atoms with E-state index in [1.807, 2.05) is 37.4 Å². The van der Waals surface area contributed by atoms with Crippen molar-refractivity contribution in [3.8, 4) is 0 Å². The third-order valence-electron chi connectivity index (χ3n) is 2.49. The molecule has 1 aliphatic heterocycles. The quantitative estimate of drug-likeness (QED) is 0.639. The largest absolute Gasteiger partial charge is 0.380 e. The van der Waals surface area contributed by atoms with Gasteiger partial charge in [-0.05, 0) is 23.9 Å². The Labute approximate surface area is 82.1 Å². The normalized spacial score (nSPS) is 27.9. The van der Waals surface area contributed by atoms with Gasteiger partial charge >= 0.3 is 5.24 Å². The van der Waals surface area contributed by atoms with Crippen molar-refractivity contribution in [1.29, 1.82) is 0 Å². The first-order chi connectivity index (χ1) is 6.23. The first-order valence-corrected chi connectivity index (χ1v) is 5.30. The maximum atomic E-state index is 11.6. The van der Waals surface area contributed by atoms with Crippen LogP contribution < -0.4 is 4.48 Å². The lowest BCUT2D eigenvalue weighted by Gasteiger charge is -2.24. The van der Waals surface area contributed by atoms with Crippen LogP contribution in [-0.4, -0.2) is 24.6 Å². The molecule has 3 heteroatoms. The standard InChI is InChI=1S/C10H12NOS/c1-11(7-8-13-10(11)12)9-5-3-2-4-6-9/h2-6H,7-8H2,1H3/q+1. The van der Waals surface area contributed by atoms with Crippen molar-refractivity contribution < 1.29 is 4.79 Å². The third-order valence-corrected chi connectivity index (χ3v) is 3.53. The molecule has 1 amide bonds. The topological polar surface area (TPSA) is 17.1 Å². The van der Waals surface area contributed by atoms with Crippen LogP contribution in [0.15, 0.2) is 30.3 Å². The van der Waals surface area contributed by atoms with E-state index in [0.29, 0.717) is 4.48 Å². The van der Waals surface area contributed by atoms with E-state index in [4.69, 9.17) is 0 Å². The molecule has 1 atom stereocenters. The highest BCUT2D eigenvalue weighted by atomic mass is 32.2. The summed E-state index contributed by atoms with van der Waals surface area (Å²) in [4.78, 5) is 11.6. The Balaban J connectivity index is 2.40. The summed E-state index contributed by atoms with van der Waals surface area (Å²) in [5.74, 6) is 0.935. The molecule has 0 radical (unpaired) electrons. The molecule has 0 N–H and O–H groups in total. The Morgan fingerprint density at radius 2 is 2.00 bits per heavy atom. The van der Waals surface area contributed by atoms with Crippen molar-refractivity contribution in [2.45, 2.75) is 0 Å². The van der Waals surface area contributed by atoms with Crippen LogP contribution in [0.3, 0.4) is 0 Å². The van der Waals surface area contributed by atoms with Crippen molar-refractivity contribution in [2.24, 2.45) is 0 Å². The van der Waals surface area contributed by atoms with Crippen LogP contribution in [0.5, 0.6) is 0 Å². The highest BCUT2D eigenvalue weighted by molar-refractivity contribution is 8.14. The van der Waals surface area contributed by atoms with Crippen LogP contribution in [0.4, 0.5) is 10.5 Å². The number of thioether (sulfide) groups is 1. The number of hydrogen-bond acceptors (Lipinski definition) is 2. The minimum absolute atomic E-state index is 0.256. The number of hydrogen-bond donors (Lipinski definition) is 0. The molecule has 0 spiro atoms. The zero-order valence-electron chi connectivity index (χ0n) is 7.56. The molecule has 68 valence electrons. The fourth-order valence-corrected chi connectivity index (χ4v) is 2.65. The fourth-order valence-electron chi connectivity index (χ4n) is 1.54. The molecule has 1 saturated heterocycles. The Hall–Kier alpha value is -0.800. The maximum Gasteiger partial charge on any atom is 0.380 e. The molecule has 2 nitrogen and oxygen atoms in total. The van der Waals surface area contributed by atoms with Gasteiger partial charge in [0.2, 0.25) is 0 Å². The summed E-state index contributed by atoms with van der Waals surface area (Å²) in [6.07, 6.45) is 0. The highest BCUT2D eigenvalue weighted by Gasteiger charge is 2.39. The predicted octanol–water partition coefficient (Wildman–Crippen LogP) is 2.49. The lowest BCUT2D eigenvalue weighted by molar-refractivity contribution is 0.238. The van der Waals surface area contributed by atoms with Gasteiger partial charge in [-0.3, -0.25) is 0 Å². The zero-order valence-corrected chi connectivity index (χ0v) is 8.38. The van der Waals surface area contributed by atoms with Gasteiger partial charge in [0.05, 0.1) is 12.8 Å². The van der Waals surface area contributed by atoms with E-state index in [1.165, 1.54) is 11.8 Å². The van der Waals surface area contributed by atoms with E-state index in [-0.39, 0.29) is 5.24 Å². The van der Waals surface area contributed by atoms with Crippen molar-refractivity contribution in [3.05, 3.63) is 30.3 Å². The fraction of sp³-hybridized carbons (Fsp3) is 0.300. The first kappa shape index (κ1) is 8.78. The molecule has 1 aliphatic rings. The van der Waals surface area contributed by atoms with Gasteiger partial charge in [0.1, 0.15) is 12.2 Å². The van der Waals surface area contributed by atoms with Crippen molar-refractivity contribution in [2.75, 3.05) is 19.3 Å². The van der Waals surface area contributed by atoms with Gasteiger partial charge in [0, 0.05) is 0 Å². The van der Waals surface area contributed by atoms with Crippen LogP contribution in [0.1, 0.15) is 0 Å². The molecule has 1 fully saturated rings. The van der Waals surface area contributed by atoms with Crippen LogP contribution >= 0.6 is 11.8 Å². The summed E-state index contributed by atoms with van der Waals surface area (Å²) in [5, 5.41) is 0.256. The monoisotopic (exact) mass is 194 g/mol. The maximum absolute atomic E-state index is 11.6. The number of quaternary nitrogens is 1. The lowest BCUT2D eigenvalue weighted by atomic mass is 10.2. The second-order valence-electron chi connectivity index (χ2n) is 3.36. The smallest absolute Gasteiger partial charge is 0.220 e. The highest BCUT2D eigenvalue weighted by Crippen LogP contribution is 2.31. The number of rotatable bonds is 1.